The average Bonchev–Trinajstić information content (AvgIpc) is 3.12. The van der Waals surface area contributed by atoms with E-state index in [-0.39, 0.29) is 29.9 Å². The molecule has 39 heavy (non-hydrogen) atoms. The van der Waals surface area contributed by atoms with Crippen LogP contribution in [0.5, 0.6) is 0 Å². The third-order valence-electron chi connectivity index (χ3n) is 5.20. The first-order valence-electron chi connectivity index (χ1n) is 12.0. The van der Waals surface area contributed by atoms with Gasteiger partial charge in [-0.05, 0) is 40.2 Å². The Balaban J connectivity index is 2.63. The molecule has 0 aromatic carbocycles. The largest absolute Gasteiger partial charge is 0.501 e. The number of hydrogen-bond donors (Lipinski definition) is 1. The first-order valence-corrected chi connectivity index (χ1v) is 12.8. The van der Waals surface area contributed by atoms with Crippen LogP contribution in [0, 0.1) is 6.92 Å². The molecule has 0 unspecified atom stereocenters. The van der Waals surface area contributed by atoms with Crippen LogP contribution in [0.2, 0.25) is 0 Å². The van der Waals surface area contributed by atoms with E-state index in [1.165, 1.54) is 7.11 Å². The summed E-state index contributed by atoms with van der Waals surface area (Å²) in [5, 5.41) is 0.963. The van der Waals surface area contributed by atoms with Crippen molar-refractivity contribution in [3.8, 4) is 0 Å². The lowest BCUT2D eigenvalue weighted by Crippen LogP contribution is -2.47. The molecule has 0 bridgehead atoms. The molecule has 2 aromatic heterocycles. The molecule has 0 aliphatic rings. The van der Waals surface area contributed by atoms with Crippen molar-refractivity contribution in [2.45, 2.75) is 72.5 Å². The van der Waals surface area contributed by atoms with Crippen molar-refractivity contribution < 1.29 is 37.0 Å². The molecule has 2 heterocycles. The van der Waals surface area contributed by atoms with Crippen LogP contribution in [0.25, 0.3) is 10.2 Å². The van der Waals surface area contributed by atoms with E-state index in [9.17, 15) is 32.3 Å². The second-order valence-corrected chi connectivity index (χ2v) is 10.5. The minimum atomic E-state index is -4.54. The number of thiophene rings is 1. The lowest BCUT2D eigenvalue weighted by Gasteiger charge is -2.25. The lowest BCUT2D eigenvalue weighted by molar-refractivity contribution is -0.136. The Hall–Kier alpha value is -3.33. The van der Waals surface area contributed by atoms with Crippen LogP contribution < -0.4 is 16.7 Å². The van der Waals surface area contributed by atoms with E-state index in [0.29, 0.717) is 17.0 Å². The molecule has 11 nitrogen and oxygen atoms in total. The van der Waals surface area contributed by atoms with Gasteiger partial charge in [0.15, 0.2) is 0 Å². The van der Waals surface area contributed by atoms with Gasteiger partial charge in [-0.3, -0.25) is 18.7 Å². The van der Waals surface area contributed by atoms with Crippen LogP contribution in [-0.4, -0.2) is 58.2 Å². The molecule has 0 spiro atoms. The van der Waals surface area contributed by atoms with Gasteiger partial charge in [-0.25, -0.2) is 20.0 Å². The highest BCUT2D eigenvalue weighted by molar-refractivity contribution is 7.18. The number of aromatic nitrogens is 2. The molecule has 0 radical (unpaired) electrons. The number of fused-ring (bicyclic) bond motifs is 1. The van der Waals surface area contributed by atoms with Gasteiger partial charge in [-0.15, -0.1) is 11.3 Å². The summed E-state index contributed by atoms with van der Waals surface area (Å²) in [5.74, 6) is -0.696. The molecule has 218 valence electrons. The highest BCUT2D eigenvalue weighted by Gasteiger charge is 2.29. The van der Waals surface area contributed by atoms with Crippen LogP contribution in [0.15, 0.2) is 21.9 Å². The number of halogens is 3. The average molecular weight is 579 g/mol. The summed E-state index contributed by atoms with van der Waals surface area (Å²) in [6.07, 6.45) is -4.54. The number of nitrogens with one attached hydrogen (secondary N) is 1. The van der Waals surface area contributed by atoms with Crippen molar-refractivity contribution >= 4 is 33.6 Å². The zero-order valence-electron chi connectivity index (χ0n) is 22.6. The van der Waals surface area contributed by atoms with Crippen molar-refractivity contribution in [3.05, 3.63) is 43.6 Å². The maximum absolute atomic E-state index is 13.3. The molecular formula is C24H33F3N4O7S. The minimum absolute atomic E-state index is 0.00970. The molecule has 2 aromatic rings. The lowest BCUT2D eigenvalue weighted by atomic mass is 10.2. The minimum Gasteiger partial charge on any atom is -0.501 e. The summed E-state index contributed by atoms with van der Waals surface area (Å²) in [4.78, 5) is 52.0. The van der Waals surface area contributed by atoms with Crippen molar-refractivity contribution in [1.82, 2.24) is 19.6 Å². The zero-order valence-corrected chi connectivity index (χ0v) is 23.5. The standard InChI is InChI=1S/C24H33F3N4O7S/c1-7-37-12-8-17(32)31(28-21(34)38-23(3,4)5)14-16-15(2)18-19(33)29(11-13-36-6)22(35)30(20(18)39-16)10-9-24(25,26)27/h8,12H,7,9-11,13-14H2,1-6H3,(H,28,34)/b12-8+. The Bertz CT molecular complexity index is 1320. The molecule has 1 N–H and O–H groups in total. The van der Waals surface area contributed by atoms with Gasteiger partial charge in [-0.1, -0.05) is 0 Å². The number of carbonyl (C=O) groups is 2. The first-order chi connectivity index (χ1) is 18.1. The second-order valence-electron chi connectivity index (χ2n) is 9.38. The van der Waals surface area contributed by atoms with Crippen LogP contribution >= 0.6 is 11.3 Å². The number of rotatable bonds is 10. The molecule has 0 aliphatic carbocycles. The maximum atomic E-state index is 13.3. The summed E-state index contributed by atoms with van der Waals surface area (Å²) >= 11 is 0.886. The van der Waals surface area contributed by atoms with Crippen LogP contribution in [-0.2, 0) is 38.6 Å². The summed E-state index contributed by atoms with van der Waals surface area (Å²) in [6.45, 7) is 7.33. The zero-order chi connectivity index (χ0) is 29.5. The molecular weight excluding hydrogens is 545 g/mol. The normalized spacial score (nSPS) is 12.2. The number of aryl methyl sites for hydroxylation is 2. The van der Waals surface area contributed by atoms with E-state index >= 15 is 0 Å². The van der Waals surface area contributed by atoms with Gasteiger partial charge in [0.1, 0.15) is 10.4 Å². The highest BCUT2D eigenvalue weighted by Crippen LogP contribution is 2.30. The Morgan fingerprint density at radius 1 is 1.13 bits per heavy atom. The second kappa shape index (κ2) is 13.2. The van der Waals surface area contributed by atoms with Gasteiger partial charge in [0.2, 0.25) is 0 Å². The molecule has 0 fully saturated rings. The summed E-state index contributed by atoms with van der Waals surface area (Å²) in [6, 6.07) is 0. The van der Waals surface area contributed by atoms with E-state index in [2.05, 4.69) is 5.43 Å². The summed E-state index contributed by atoms with van der Waals surface area (Å²) < 4.78 is 56.1. The number of ether oxygens (including phenoxy) is 3. The van der Waals surface area contributed by atoms with Gasteiger partial charge >= 0.3 is 18.0 Å². The van der Waals surface area contributed by atoms with Gasteiger partial charge in [0, 0.05) is 24.6 Å². The Morgan fingerprint density at radius 3 is 2.36 bits per heavy atom. The fourth-order valence-electron chi connectivity index (χ4n) is 3.43. The Labute approximate surface area is 226 Å². The van der Waals surface area contributed by atoms with E-state index in [0.717, 1.165) is 37.8 Å². The van der Waals surface area contributed by atoms with Crippen molar-refractivity contribution in [3.63, 3.8) is 0 Å². The van der Waals surface area contributed by atoms with E-state index < -0.39 is 48.0 Å². The fourth-order valence-corrected chi connectivity index (χ4v) is 4.73. The molecule has 15 heteroatoms. The fraction of sp³-hybridized carbons (Fsp3) is 0.583. The van der Waals surface area contributed by atoms with Gasteiger partial charge in [0.25, 0.3) is 11.5 Å². The number of amides is 2. The maximum Gasteiger partial charge on any atom is 0.426 e. The van der Waals surface area contributed by atoms with Crippen molar-refractivity contribution in [2.24, 2.45) is 0 Å². The molecule has 0 saturated heterocycles. The smallest absolute Gasteiger partial charge is 0.426 e. The number of hydrogen-bond acceptors (Lipinski definition) is 8. The quantitative estimate of drug-likeness (QED) is 0.260. The topological polar surface area (TPSA) is 121 Å². The first kappa shape index (κ1) is 31.9. The molecule has 0 saturated carbocycles. The number of alkyl halides is 3. The monoisotopic (exact) mass is 578 g/mol. The van der Waals surface area contributed by atoms with Crippen LogP contribution in [0.4, 0.5) is 18.0 Å². The molecule has 2 rings (SSSR count). The van der Waals surface area contributed by atoms with Gasteiger partial charge < -0.3 is 14.2 Å². The van der Waals surface area contributed by atoms with Crippen LogP contribution in [0.1, 0.15) is 44.6 Å². The predicted octanol–water partition coefficient (Wildman–Crippen LogP) is 3.45. The van der Waals surface area contributed by atoms with Crippen molar-refractivity contribution in [1.29, 1.82) is 0 Å². The SMILES string of the molecule is CCO/C=C/C(=O)N(Cc1sc2c(c1C)c(=O)n(CCOC)c(=O)n2CCC(F)(F)F)NC(=O)OC(C)(C)C. The summed E-state index contributed by atoms with van der Waals surface area (Å²) in [5.41, 5.74) is 0.244. The number of methoxy groups -OCH3 is 1. The predicted molar refractivity (Wildman–Crippen MR) is 138 cm³/mol. The van der Waals surface area contributed by atoms with E-state index in [1.54, 1.807) is 34.6 Å². The number of nitrogens with zero attached hydrogens (tertiary/aromatic N) is 3. The third kappa shape index (κ3) is 8.85. The summed E-state index contributed by atoms with van der Waals surface area (Å²) in [7, 11) is 1.36. The van der Waals surface area contributed by atoms with E-state index in [4.69, 9.17) is 14.2 Å². The van der Waals surface area contributed by atoms with Crippen molar-refractivity contribution in [2.75, 3.05) is 20.3 Å². The van der Waals surface area contributed by atoms with Gasteiger partial charge in [-0.2, -0.15) is 13.2 Å². The van der Waals surface area contributed by atoms with Crippen LogP contribution in [0.3, 0.4) is 0 Å². The van der Waals surface area contributed by atoms with E-state index in [1.807, 2.05) is 0 Å². The van der Waals surface area contributed by atoms with Gasteiger partial charge in [0.05, 0.1) is 44.4 Å². The molecule has 2 amide bonds. The molecule has 0 aliphatic heterocycles. The number of carbonyl (C=O) groups excluding carboxylic acids is 2. The Kier molecular flexibility index (Phi) is 10.8. The highest BCUT2D eigenvalue weighted by atomic mass is 32.1. The molecule has 0 atom stereocenters. The number of hydrazine groups is 1. The Morgan fingerprint density at radius 2 is 1.79 bits per heavy atom. The third-order valence-corrected chi connectivity index (χ3v) is 6.50.